The third-order valence-electron chi connectivity index (χ3n) is 6.80. The molecule has 0 spiro atoms. The first-order valence-electron chi connectivity index (χ1n) is 14.3. The second kappa shape index (κ2) is 16.0. The Morgan fingerprint density at radius 2 is 1.00 bits per heavy atom. The standard InChI is InChI=1S/2C16H13N5O4.Cr/c1-10-15(16(23)20(19-10)11-5-3-2-4-6-11)18-17-13-9-12(21(24)25)7-8-14(13)22;1-10-15(16(23)20(19-10)11-5-3-2-4-6-11)18-17-13-8-7-12(21(24)25)9-14(13)22;/h2*2-9H,1H3,(H2,17,18,19,22,23);/q;;+3/p-4. The van der Waals surface area contributed by atoms with E-state index in [1.165, 1.54) is 15.4 Å². The van der Waals surface area contributed by atoms with Gasteiger partial charge in [0.05, 0.1) is 21.2 Å². The summed E-state index contributed by atoms with van der Waals surface area (Å²) in [7, 11) is 0. The second-order valence-electron chi connectivity index (χ2n) is 10.2. The Labute approximate surface area is 297 Å². The fourth-order valence-corrected chi connectivity index (χ4v) is 4.32. The number of hydrogen-bond donors (Lipinski definition) is 0. The van der Waals surface area contributed by atoms with Crippen LogP contribution in [-0.4, -0.2) is 19.2 Å². The van der Waals surface area contributed by atoms with Crippen molar-refractivity contribution in [3.05, 3.63) is 149 Å². The molecule has 1 radical (unpaired) electrons. The summed E-state index contributed by atoms with van der Waals surface area (Å²) in [6.45, 7) is 3.18. The molecular formula is C32H22CrN10O8-. The van der Waals surface area contributed by atoms with E-state index in [1.54, 1.807) is 62.4 Å². The molecule has 0 bridgehead atoms. The molecule has 51 heavy (non-hydrogen) atoms. The maximum atomic E-state index is 12.4. The van der Waals surface area contributed by atoms with E-state index in [0.29, 0.717) is 22.8 Å². The van der Waals surface area contributed by atoms with Crippen molar-refractivity contribution in [2.45, 2.75) is 13.8 Å². The predicted octanol–water partition coefficient (Wildman–Crippen LogP) is 5.00. The average molecular weight is 727 g/mol. The summed E-state index contributed by atoms with van der Waals surface area (Å²) in [5, 5.41) is 68.3. The third-order valence-corrected chi connectivity index (χ3v) is 6.80. The number of non-ortho nitro benzene ring substituents is 2. The minimum Gasteiger partial charge on any atom is -0.871 e. The Balaban J connectivity index is 0.000000224. The van der Waals surface area contributed by atoms with Crippen LogP contribution < -0.4 is 31.5 Å². The van der Waals surface area contributed by atoms with Crippen molar-refractivity contribution in [3.63, 3.8) is 0 Å². The molecule has 0 amide bonds. The van der Waals surface area contributed by atoms with E-state index >= 15 is 0 Å². The van der Waals surface area contributed by atoms with E-state index in [9.17, 15) is 40.0 Å². The van der Waals surface area contributed by atoms with Crippen LogP contribution in [0.1, 0.15) is 11.4 Å². The van der Waals surface area contributed by atoms with Crippen LogP contribution in [0, 0.1) is 34.1 Å². The summed E-state index contributed by atoms with van der Waals surface area (Å²) in [5.41, 5.74) is -0.105. The van der Waals surface area contributed by atoms with Crippen molar-refractivity contribution in [1.29, 1.82) is 0 Å². The number of rotatable bonds is 8. The first-order chi connectivity index (χ1) is 23.9. The molecule has 0 N–H and O–H groups in total. The molecule has 0 fully saturated rings. The molecule has 2 aromatic heterocycles. The van der Waals surface area contributed by atoms with Gasteiger partial charge < -0.3 is 29.8 Å². The molecule has 6 aromatic rings. The summed E-state index contributed by atoms with van der Waals surface area (Å²) >= 11 is 0. The molecule has 19 heteroatoms. The smallest absolute Gasteiger partial charge is 0.871 e. The van der Waals surface area contributed by atoms with Gasteiger partial charge in [-0.15, -0.1) is 21.6 Å². The first-order valence-corrected chi connectivity index (χ1v) is 14.3. The number of hydrogen-bond acceptors (Lipinski definition) is 12. The SMILES string of the molecule is Cc1[n-]n(-c2ccccc2)c(=O)c1N=Nc1cc([N+](=O)[O-])ccc1[O-].Cc1[n-]n(-c2ccccc2)c(=O)c1N=Nc1ccc([N+](=O)[O-])cc1[O-].[Cr+3]. The van der Waals surface area contributed by atoms with Gasteiger partial charge in [-0.3, -0.25) is 29.8 Å². The van der Waals surface area contributed by atoms with Gasteiger partial charge in [0.2, 0.25) is 0 Å². The largest absolute Gasteiger partial charge is 3.00 e. The average Bonchev–Trinajstić information content (AvgIpc) is 3.56. The maximum Gasteiger partial charge on any atom is 3.00 e. The molecule has 0 atom stereocenters. The van der Waals surface area contributed by atoms with E-state index in [4.69, 9.17) is 0 Å². The van der Waals surface area contributed by atoms with Crippen LogP contribution in [0.5, 0.6) is 11.5 Å². The van der Waals surface area contributed by atoms with Crippen LogP contribution in [0.25, 0.3) is 11.4 Å². The van der Waals surface area contributed by atoms with Crippen LogP contribution >= 0.6 is 0 Å². The van der Waals surface area contributed by atoms with Crippen molar-refractivity contribution < 1.29 is 37.4 Å². The summed E-state index contributed by atoms with van der Waals surface area (Å²) in [6, 6.07) is 23.9. The van der Waals surface area contributed by atoms with Crippen LogP contribution in [-0.2, 0) is 17.4 Å². The second-order valence-corrected chi connectivity index (χ2v) is 10.2. The number of aryl methyl sites for hydroxylation is 2. The van der Waals surface area contributed by atoms with E-state index in [1.807, 2.05) is 12.1 Å². The number of aromatic nitrogens is 4. The zero-order valence-electron chi connectivity index (χ0n) is 26.4. The molecule has 6 rings (SSSR count). The van der Waals surface area contributed by atoms with Crippen molar-refractivity contribution in [3.8, 4) is 22.9 Å². The molecule has 4 aromatic carbocycles. The quantitative estimate of drug-likeness (QED) is 0.115. The van der Waals surface area contributed by atoms with E-state index in [0.717, 1.165) is 30.3 Å². The van der Waals surface area contributed by atoms with Gasteiger partial charge in [-0.2, -0.15) is 10.2 Å². The molecule has 255 valence electrons. The van der Waals surface area contributed by atoms with Gasteiger partial charge in [0.1, 0.15) is 11.4 Å². The number of para-hydroxylation sites is 2. The number of benzene rings is 4. The van der Waals surface area contributed by atoms with Gasteiger partial charge >= 0.3 is 17.4 Å². The number of nitro benzene ring substituents is 2. The molecule has 2 heterocycles. The van der Waals surface area contributed by atoms with Gasteiger partial charge in [-0.25, -0.2) is 0 Å². The summed E-state index contributed by atoms with van der Waals surface area (Å²) in [5.74, 6) is -1.19. The monoisotopic (exact) mass is 726 g/mol. The third kappa shape index (κ3) is 8.37. The summed E-state index contributed by atoms with van der Waals surface area (Å²) in [4.78, 5) is 44.9. The molecule has 0 saturated carbocycles. The Morgan fingerprint density at radius 1 is 0.569 bits per heavy atom. The van der Waals surface area contributed by atoms with Crippen LogP contribution in [0.4, 0.5) is 34.1 Å². The molecule has 0 saturated heterocycles. The zero-order chi connectivity index (χ0) is 35.9. The Kier molecular flexibility index (Phi) is 11.5. The zero-order valence-corrected chi connectivity index (χ0v) is 27.7. The van der Waals surface area contributed by atoms with E-state index in [2.05, 4.69) is 30.7 Å². The maximum absolute atomic E-state index is 12.4. The number of nitro groups is 2. The van der Waals surface area contributed by atoms with Crippen molar-refractivity contribution in [2.24, 2.45) is 20.5 Å². The van der Waals surface area contributed by atoms with Crippen molar-refractivity contribution in [2.75, 3.05) is 0 Å². The van der Waals surface area contributed by atoms with Gasteiger partial charge in [0, 0.05) is 35.6 Å². The van der Waals surface area contributed by atoms with E-state index in [-0.39, 0.29) is 51.5 Å². The van der Waals surface area contributed by atoms with Gasteiger partial charge in [-0.05, 0) is 30.3 Å². The van der Waals surface area contributed by atoms with Crippen LogP contribution in [0.3, 0.4) is 0 Å². The normalized spacial score (nSPS) is 10.9. The Bertz CT molecular complexity index is 2380. The Hall–Kier alpha value is -6.97. The van der Waals surface area contributed by atoms with E-state index < -0.39 is 32.5 Å². The molecule has 0 aliphatic carbocycles. The molecular weight excluding hydrogens is 704 g/mol. The van der Waals surface area contributed by atoms with Gasteiger partial charge in [-0.1, -0.05) is 67.8 Å². The van der Waals surface area contributed by atoms with Crippen molar-refractivity contribution >= 4 is 34.1 Å². The topological polar surface area (TPSA) is 254 Å². The van der Waals surface area contributed by atoms with Gasteiger partial charge in [0.25, 0.3) is 22.5 Å². The molecule has 0 aliphatic heterocycles. The Morgan fingerprint density at radius 3 is 1.45 bits per heavy atom. The summed E-state index contributed by atoms with van der Waals surface area (Å²) in [6.07, 6.45) is 0. The molecule has 18 nitrogen and oxygen atoms in total. The molecule has 0 aliphatic rings. The minimum atomic E-state index is -0.674. The van der Waals surface area contributed by atoms with Crippen LogP contribution in [0.2, 0.25) is 0 Å². The number of nitrogens with zero attached hydrogens (tertiary/aromatic N) is 10. The molecule has 0 unspecified atom stereocenters. The fraction of sp³-hybridized carbons (Fsp3) is 0.0625. The minimum absolute atomic E-state index is 0. The number of azo groups is 2. The fourth-order valence-electron chi connectivity index (χ4n) is 4.32. The predicted molar refractivity (Wildman–Crippen MR) is 174 cm³/mol. The van der Waals surface area contributed by atoms with Crippen molar-refractivity contribution in [1.82, 2.24) is 19.6 Å². The van der Waals surface area contributed by atoms with Gasteiger partial charge in [0.15, 0.2) is 0 Å². The first kappa shape index (κ1) is 36.9. The van der Waals surface area contributed by atoms with Crippen LogP contribution in [0.15, 0.2) is 127 Å². The summed E-state index contributed by atoms with van der Waals surface area (Å²) < 4.78 is 2.37.